The number of fused-ring (bicyclic) bond motifs is 5. The summed E-state index contributed by atoms with van der Waals surface area (Å²) >= 11 is 16.0. The Balaban J connectivity index is 1.52. The smallest absolute Gasteiger partial charge is 0.290 e. The maximum atomic E-state index is 13.0. The highest BCUT2D eigenvalue weighted by Gasteiger charge is 2.44. The van der Waals surface area contributed by atoms with Crippen molar-refractivity contribution < 1.29 is 4.79 Å². The Kier molecular flexibility index (Phi) is 4.81. The van der Waals surface area contributed by atoms with E-state index in [-0.39, 0.29) is 5.91 Å². The number of hydrazine groups is 1. The first-order valence-corrected chi connectivity index (χ1v) is 11.0. The molecule has 1 amide bonds. The molecule has 2 N–H and O–H groups in total. The van der Waals surface area contributed by atoms with Gasteiger partial charge in [-0.3, -0.25) is 15.6 Å². The molecule has 148 valence electrons. The molecule has 29 heavy (non-hydrogen) atoms. The van der Waals surface area contributed by atoms with E-state index in [9.17, 15) is 4.79 Å². The molecule has 5 nitrogen and oxygen atoms in total. The van der Waals surface area contributed by atoms with E-state index >= 15 is 0 Å². The van der Waals surface area contributed by atoms with Gasteiger partial charge in [-0.2, -0.15) is 5.10 Å². The molecule has 0 radical (unpaired) electrons. The molecule has 1 fully saturated rings. The van der Waals surface area contributed by atoms with Crippen molar-refractivity contribution in [3.8, 4) is 5.69 Å². The van der Waals surface area contributed by atoms with Crippen molar-refractivity contribution in [1.29, 1.82) is 0 Å². The van der Waals surface area contributed by atoms with Crippen LogP contribution in [-0.2, 0) is 0 Å². The fourth-order valence-corrected chi connectivity index (χ4v) is 5.35. The molecule has 8 heteroatoms. The highest BCUT2D eigenvalue weighted by molar-refractivity contribution is 9.10. The Morgan fingerprint density at radius 1 is 1.14 bits per heavy atom. The molecule has 2 aromatic carbocycles. The van der Waals surface area contributed by atoms with E-state index < -0.39 is 0 Å². The number of halogens is 3. The van der Waals surface area contributed by atoms with Gasteiger partial charge in [0, 0.05) is 21.0 Å². The molecule has 0 unspecified atom stereocenters. The fourth-order valence-electron chi connectivity index (χ4n) is 4.48. The van der Waals surface area contributed by atoms with Crippen LogP contribution in [0, 0.1) is 0 Å². The van der Waals surface area contributed by atoms with Crippen LogP contribution < -0.4 is 10.9 Å². The van der Waals surface area contributed by atoms with E-state index in [4.69, 9.17) is 28.3 Å². The van der Waals surface area contributed by atoms with Gasteiger partial charge in [0.25, 0.3) is 5.91 Å². The highest BCUT2D eigenvalue weighted by Crippen LogP contribution is 2.54. The Morgan fingerprint density at radius 2 is 1.93 bits per heavy atom. The third-order valence-corrected chi connectivity index (χ3v) is 6.95. The summed E-state index contributed by atoms with van der Waals surface area (Å²) < 4.78 is 2.70. The largest absolute Gasteiger partial charge is 0.297 e. The molecular formula is C21H17BrCl2N4O. The first-order valence-electron chi connectivity index (χ1n) is 9.42. The van der Waals surface area contributed by atoms with E-state index in [1.54, 1.807) is 12.1 Å². The van der Waals surface area contributed by atoms with Crippen LogP contribution in [0.1, 0.15) is 52.8 Å². The Hall–Kier alpha value is -2.02. The van der Waals surface area contributed by atoms with Crippen molar-refractivity contribution in [2.75, 3.05) is 5.43 Å². The van der Waals surface area contributed by atoms with Gasteiger partial charge in [0.2, 0.25) is 0 Å². The van der Waals surface area contributed by atoms with Crippen molar-refractivity contribution in [1.82, 2.24) is 15.2 Å². The molecular weight excluding hydrogens is 475 g/mol. The zero-order chi connectivity index (χ0) is 20.1. The minimum absolute atomic E-state index is 0.256. The minimum Gasteiger partial charge on any atom is -0.297 e. The zero-order valence-corrected chi connectivity index (χ0v) is 18.4. The van der Waals surface area contributed by atoms with Gasteiger partial charge in [-0.1, -0.05) is 35.3 Å². The van der Waals surface area contributed by atoms with Crippen LogP contribution in [0.15, 0.2) is 46.9 Å². The molecule has 1 aromatic heterocycles. The topological polar surface area (TPSA) is 59.0 Å². The molecule has 1 heterocycles. The lowest BCUT2D eigenvalue weighted by molar-refractivity contribution is 0.0956. The number of benzene rings is 2. The molecule has 5 rings (SSSR count). The van der Waals surface area contributed by atoms with Crippen LogP contribution in [0.2, 0.25) is 10.0 Å². The Bertz CT molecular complexity index is 1130. The zero-order valence-electron chi connectivity index (χ0n) is 15.3. The second-order valence-corrected chi connectivity index (χ2v) is 9.12. The molecule has 0 aliphatic heterocycles. The third kappa shape index (κ3) is 3.23. The van der Waals surface area contributed by atoms with E-state index in [0.29, 0.717) is 27.6 Å². The van der Waals surface area contributed by atoms with Crippen LogP contribution in [-0.4, -0.2) is 15.7 Å². The van der Waals surface area contributed by atoms with Crippen molar-refractivity contribution >= 4 is 50.7 Å². The number of carbonyl (C=O) groups excluding carboxylic acids is 1. The van der Waals surface area contributed by atoms with Gasteiger partial charge in [-0.15, -0.1) is 0 Å². The second kappa shape index (κ2) is 7.35. The number of amides is 1. The van der Waals surface area contributed by atoms with Crippen LogP contribution in [0.25, 0.3) is 5.69 Å². The number of rotatable bonds is 4. The second-order valence-electron chi connectivity index (χ2n) is 7.42. The number of anilines is 1. The Morgan fingerprint density at radius 3 is 2.72 bits per heavy atom. The standard InChI is InChI=1S/C21H17BrCl2N4O/c22-14-3-1-2-4-16(14)25-26-21(29)19-18-11-5-6-12(9-11)20(18)28(27-19)17-8-7-13(23)10-15(17)24/h1-4,7-8,10-12,25H,5-6,9H2,(H,26,29)/t11-,12-/m0/s1. The maximum Gasteiger partial charge on any atom is 0.290 e. The predicted octanol–water partition coefficient (Wildman–Crippen LogP) is 6.06. The quantitative estimate of drug-likeness (QED) is 0.436. The van der Waals surface area contributed by atoms with Gasteiger partial charge in [0.1, 0.15) is 0 Å². The minimum atomic E-state index is -0.256. The maximum absolute atomic E-state index is 13.0. The number of aromatic nitrogens is 2. The van der Waals surface area contributed by atoms with Crippen LogP contribution in [0.5, 0.6) is 0 Å². The summed E-state index contributed by atoms with van der Waals surface area (Å²) in [4.78, 5) is 13.0. The number of hydrogen-bond acceptors (Lipinski definition) is 3. The molecule has 3 aromatic rings. The summed E-state index contributed by atoms with van der Waals surface area (Å²) in [6.45, 7) is 0. The van der Waals surface area contributed by atoms with Gasteiger partial charge in [0.05, 0.1) is 22.1 Å². The lowest BCUT2D eigenvalue weighted by Crippen LogP contribution is -2.30. The van der Waals surface area contributed by atoms with Crippen LogP contribution in [0.4, 0.5) is 5.69 Å². The van der Waals surface area contributed by atoms with E-state index in [1.165, 1.54) is 0 Å². The lowest BCUT2D eigenvalue weighted by atomic mass is 9.95. The first kappa shape index (κ1) is 19.0. The number of nitrogens with one attached hydrogen (secondary N) is 2. The number of carbonyl (C=O) groups is 1. The SMILES string of the molecule is O=C(NNc1ccccc1Br)c1nn(-c2ccc(Cl)cc2Cl)c2c1[C@H]1CC[C@H]2C1. The van der Waals surface area contributed by atoms with Gasteiger partial charge < -0.3 is 0 Å². The van der Waals surface area contributed by atoms with Gasteiger partial charge in [-0.05, 0) is 71.4 Å². The highest BCUT2D eigenvalue weighted by atomic mass is 79.9. The average molecular weight is 492 g/mol. The normalized spacial score (nSPS) is 19.3. The molecule has 2 aliphatic rings. The summed E-state index contributed by atoms with van der Waals surface area (Å²) in [6.07, 6.45) is 3.27. The molecule has 2 atom stereocenters. The van der Waals surface area contributed by atoms with Crippen molar-refractivity contribution in [2.24, 2.45) is 0 Å². The van der Waals surface area contributed by atoms with Gasteiger partial charge >= 0.3 is 0 Å². The van der Waals surface area contributed by atoms with Crippen LogP contribution >= 0.6 is 39.1 Å². The summed E-state index contributed by atoms with van der Waals surface area (Å²) in [5, 5.41) is 5.78. The van der Waals surface area contributed by atoms with E-state index in [0.717, 1.165) is 46.4 Å². The summed E-state index contributed by atoms with van der Waals surface area (Å²) in [5.41, 5.74) is 9.90. The van der Waals surface area contributed by atoms with Crippen molar-refractivity contribution in [2.45, 2.75) is 31.1 Å². The molecule has 2 aliphatic carbocycles. The molecule has 2 bridgehead atoms. The molecule has 0 spiro atoms. The number of para-hydroxylation sites is 1. The molecule has 1 saturated carbocycles. The summed E-state index contributed by atoms with van der Waals surface area (Å²) in [7, 11) is 0. The summed E-state index contributed by atoms with van der Waals surface area (Å²) in [6, 6.07) is 12.9. The molecule has 0 saturated heterocycles. The summed E-state index contributed by atoms with van der Waals surface area (Å²) in [5.74, 6) is 0.527. The average Bonchev–Trinajstić information content (AvgIpc) is 3.40. The Labute approximate surface area is 186 Å². The third-order valence-electron chi connectivity index (χ3n) is 5.72. The number of hydrogen-bond donors (Lipinski definition) is 2. The fraction of sp³-hybridized carbons (Fsp3) is 0.238. The van der Waals surface area contributed by atoms with Gasteiger partial charge in [0.15, 0.2) is 5.69 Å². The lowest BCUT2D eigenvalue weighted by Gasteiger charge is -2.15. The van der Waals surface area contributed by atoms with Crippen molar-refractivity contribution in [3.63, 3.8) is 0 Å². The predicted molar refractivity (Wildman–Crippen MR) is 118 cm³/mol. The van der Waals surface area contributed by atoms with E-state index in [1.807, 2.05) is 35.0 Å². The van der Waals surface area contributed by atoms with Crippen molar-refractivity contribution in [3.05, 3.63) is 73.9 Å². The monoisotopic (exact) mass is 490 g/mol. The van der Waals surface area contributed by atoms with Crippen LogP contribution in [0.3, 0.4) is 0 Å². The first-order chi connectivity index (χ1) is 14.0. The van der Waals surface area contributed by atoms with Gasteiger partial charge in [-0.25, -0.2) is 4.68 Å². The number of nitrogens with zero attached hydrogens (tertiary/aromatic N) is 2. The van der Waals surface area contributed by atoms with E-state index in [2.05, 4.69) is 26.8 Å².